The van der Waals surface area contributed by atoms with Gasteiger partial charge in [0.25, 0.3) is 0 Å². The Morgan fingerprint density at radius 3 is 1.43 bits per heavy atom. The number of aliphatic carboxylic acids is 4. The number of rotatable bonds is 14. The van der Waals surface area contributed by atoms with Crippen LogP contribution in [0.4, 0.5) is 0 Å². The number of nitrogens with one attached hydrogen (secondary N) is 2. The Labute approximate surface area is 214 Å². The molecule has 1 heterocycles. The standard InChI is InChI=1S/C21H39N7O9/c22-24-4-3-23-17(29)2-1-16(21(36)37)28-11-9-26(14-19(32)33)7-5-25(13-18(30)31)6-8-27(10-12-28)15-20(34)35/h16,24H,1-15,22H2,(H,23,29)(H,30,31)(H,32,33)(H,34,35)(H,36,37)/t16-/m1/s1. The highest BCUT2D eigenvalue weighted by Crippen LogP contribution is 2.10. The van der Waals surface area contributed by atoms with Crippen LogP contribution in [0.25, 0.3) is 0 Å². The molecule has 0 bridgehead atoms. The molecule has 0 radical (unpaired) electrons. The number of nitrogens with two attached hydrogens (primary N) is 1. The van der Waals surface area contributed by atoms with Gasteiger partial charge in [0.05, 0.1) is 19.6 Å². The van der Waals surface area contributed by atoms with Crippen LogP contribution >= 0.6 is 0 Å². The molecule has 0 aromatic carbocycles. The highest BCUT2D eigenvalue weighted by molar-refractivity contribution is 5.78. The average molecular weight is 534 g/mol. The second kappa shape index (κ2) is 17.5. The van der Waals surface area contributed by atoms with Gasteiger partial charge < -0.3 is 25.7 Å². The minimum atomic E-state index is -1.15. The Hall–Kier alpha value is -2.89. The lowest BCUT2D eigenvalue weighted by Crippen LogP contribution is -2.52. The quantitative estimate of drug-likeness (QED) is 0.0646. The molecule has 0 aromatic rings. The summed E-state index contributed by atoms with van der Waals surface area (Å²) in [7, 11) is 0. The van der Waals surface area contributed by atoms with Gasteiger partial charge in [-0.2, -0.15) is 0 Å². The summed E-state index contributed by atoms with van der Waals surface area (Å²) in [6.45, 7) is 1.33. The van der Waals surface area contributed by atoms with Crippen LogP contribution in [-0.2, 0) is 24.0 Å². The fourth-order valence-corrected chi connectivity index (χ4v) is 4.01. The molecule has 212 valence electrons. The zero-order valence-electron chi connectivity index (χ0n) is 20.9. The second-order valence-corrected chi connectivity index (χ2v) is 8.74. The molecule has 16 nitrogen and oxygen atoms in total. The van der Waals surface area contributed by atoms with Crippen LogP contribution in [0.15, 0.2) is 0 Å². The predicted molar refractivity (Wildman–Crippen MR) is 130 cm³/mol. The lowest BCUT2D eigenvalue weighted by atomic mass is 10.1. The summed E-state index contributed by atoms with van der Waals surface area (Å²) < 4.78 is 0. The van der Waals surface area contributed by atoms with E-state index in [4.69, 9.17) is 5.84 Å². The van der Waals surface area contributed by atoms with Crippen LogP contribution in [0.2, 0.25) is 0 Å². The van der Waals surface area contributed by atoms with Gasteiger partial charge in [-0.15, -0.1) is 0 Å². The zero-order valence-corrected chi connectivity index (χ0v) is 20.9. The van der Waals surface area contributed by atoms with Gasteiger partial charge in [-0.1, -0.05) is 0 Å². The lowest BCUT2D eigenvalue weighted by molar-refractivity contribution is -0.145. The van der Waals surface area contributed by atoms with Gasteiger partial charge in [-0.05, 0) is 6.42 Å². The first kappa shape index (κ1) is 32.1. The number of hydrogen-bond acceptors (Lipinski definition) is 11. The Bertz CT molecular complexity index is 739. The number of hydrogen-bond donors (Lipinski definition) is 7. The van der Waals surface area contributed by atoms with Crippen molar-refractivity contribution in [1.29, 1.82) is 0 Å². The molecule has 1 aliphatic rings. The first-order chi connectivity index (χ1) is 17.5. The Kier molecular flexibility index (Phi) is 15.2. The van der Waals surface area contributed by atoms with Crippen molar-refractivity contribution in [2.45, 2.75) is 18.9 Å². The van der Waals surface area contributed by atoms with Crippen molar-refractivity contribution in [3.05, 3.63) is 0 Å². The molecule has 0 saturated carbocycles. The van der Waals surface area contributed by atoms with E-state index in [1.165, 1.54) is 0 Å². The van der Waals surface area contributed by atoms with Gasteiger partial charge in [-0.3, -0.25) is 54.8 Å². The van der Waals surface area contributed by atoms with E-state index in [1.807, 2.05) is 0 Å². The molecule has 0 spiro atoms. The molecule has 1 aliphatic heterocycles. The molecule has 0 aromatic heterocycles. The third kappa shape index (κ3) is 14.4. The highest BCUT2D eigenvalue weighted by Gasteiger charge is 2.28. The molecule has 1 atom stereocenters. The number of carbonyl (C=O) groups excluding carboxylic acids is 1. The van der Waals surface area contributed by atoms with Crippen molar-refractivity contribution in [3.8, 4) is 0 Å². The molecule has 1 saturated heterocycles. The van der Waals surface area contributed by atoms with E-state index in [0.717, 1.165) is 0 Å². The van der Waals surface area contributed by atoms with Gasteiger partial charge in [0, 0.05) is 71.9 Å². The molecule has 1 amide bonds. The smallest absolute Gasteiger partial charge is 0.320 e. The van der Waals surface area contributed by atoms with Crippen molar-refractivity contribution in [2.24, 2.45) is 5.84 Å². The third-order valence-corrected chi connectivity index (χ3v) is 5.91. The molecular weight excluding hydrogens is 494 g/mol. The van der Waals surface area contributed by atoms with E-state index in [1.54, 1.807) is 19.6 Å². The average Bonchev–Trinajstić information content (AvgIpc) is 2.79. The maximum atomic E-state index is 12.1. The molecule has 0 unspecified atom stereocenters. The van der Waals surface area contributed by atoms with Crippen LogP contribution in [0.3, 0.4) is 0 Å². The van der Waals surface area contributed by atoms with Gasteiger partial charge in [0.15, 0.2) is 0 Å². The topological polar surface area (TPSA) is 229 Å². The maximum Gasteiger partial charge on any atom is 0.320 e. The van der Waals surface area contributed by atoms with Crippen LogP contribution < -0.4 is 16.6 Å². The van der Waals surface area contributed by atoms with E-state index < -0.39 is 29.9 Å². The molecular formula is C21H39N7O9. The molecule has 8 N–H and O–H groups in total. The van der Waals surface area contributed by atoms with Crippen molar-refractivity contribution in [2.75, 3.05) is 85.1 Å². The Morgan fingerprint density at radius 2 is 1.08 bits per heavy atom. The second-order valence-electron chi connectivity index (χ2n) is 8.74. The number of amides is 1. The van der Waals surface area contributed by atoms with Crippen molar-refractivity contribution < 1.29 is 44.4 Å². The Balaban J connectivity index is 3.06. The van der Waals surface area contributed by atoms with Crippen LogP contribution in [0.5, 0.6) is 0 Å². The van der Waals surface area contributed by atoms with Gasteiger partial charge in [0.2, 0.25) is 5.91 Å². The third-order valence-electron chi connectivity index (χ3n) is 5.91. The van der Waals surface area contributed by atoms with E-state index in [-0.39, 0.29) is 97.3 Å². The van der Waals surface area contributed by atoms with Crippen molar-refractivity contribution in [3.63, 3.8) is 0 Å². The summed E-state index contributed by atoms with van der Waals surface area (Å²) in [5.41, 5.74) is 2.40. The van der Waals surface area contributed by atoms with Crippen molar-refractivity contribution >= 4 is 29.8 Å². The van der Waals surface area contributed by atoms with Gasteiger partial charge in [-0.25, -0.2) is 0 Å². The summed E-state index contributed by atoms with van der Waals surface area (Å²) in [4.78, 5) is 64.7. The predicted octanol–water partition coefficient (Wildman–Crippen LogP) is -3.73. The van der Waals surface area contributed by atoms with Crippen LogP contribution in [-0.4, -0.2) is 161 Å². The number of hydrazine groups is 1. The maximum absolute atomic E-state index is 12.1. The van der Waals surface area contributed by atoms with Gasteiger partial charge in [0.1, 0.15) is 6.04 Å². The van der Waals surface area contributed by atoms with E-state index in [2.05, 4.69) is 10.7 Å². The SMILES string of the molecule is NNCCNC(=O)CC[C@H](C(=O)O)N1CCN(CC(=O)O)CCN(CC(=O)O)CCN(CC(=O)O)CC1. The van der Waals surface area contributed by atoms with Gasteiger partial charge >= 0.3 is 23.9 Å². The fourth-order valence-electron chi connectivity index (χ4n) is 4.01. The number of nitrogens with zero attached hydrogens (tertiary/aromatic N) is 4. The Morgan fingerprint density at radius 1 is 0.676 bits per heavy atom. The van der Waals surface area contributed by atoms with Crippen LogP contribution in [0.1, 0.15) is 12.8 Å². The monoisotopic (exact) mass is 533 g/mol. The van der Waals surface area contributed by atoms with E-state index >= 15 is 0 Å². The molecule has 0 aliphatic carbocycles. The summed E-state index contributed by atoms with van der Waals surface area (Å²) in [5, 5.41) is 40.4. The van der Waals surface area contributed by atoms with Crippen molar-refractivity contribution in [1.82, 2.24) is 30.3 Å². The lowest BCUT2D eigenvalue weighted by Gasteiger charge is -2.35. The summed E-state index contributed by atoms with van der Waals surface area (Å²) >= 11 is 0. The highest BCUT2D eigenvalue weighted by atomic mass is 16.4. The minimum absolute atomic E-state index is 0.00146. The summed E-state index contributed by atoms with van der Waals surface area (Å²) in [6.07, 6.45) is -0.0542. The molecule has 1 fully saturated rings. The summed E-state index contributed by atoms with van der Waals surface area (Å²) in [5.74, 6) is 0.472. The minimum Gasteiger partial charge on any atom is -0.480 e. The largest absolute Gasteiger partial charge is 0.480 e. The van der Waals surface area contributed by atoms with Crippen LogP contribution in [0, 0.1) is 0 Å². The molecule has 37 heavy (non-hydrogen) atoms. The number of carbonyl (C=O) groups is 5. The zero-order chi connectivity index (χ0) is 27.8. The number of carboxylic acids is 4. The number of carboxylic acid groups (broad SMARTS) is 4. The molecule has 16 heteroatoms. The molecule has 1 rings (SSSR count). The van der Waals surface area contributed by atoms with E-state index in [9.17, 15) is 44.4 Å². The summed E-state index contributed by atoms with van der Waals surface area (Å²) in [6, 6.07) is -1.05. The first-order valence-corrected chi connectivity index (χ1v) is 12.0. The fraction of sp³-hybridized carbons (Fsp3) is 0.762. The normalized spacial score (nSPS) is 18.3. The van der Waals surface area contributed by atoms with E-state index in [0.29, 0.717) is 6.54 Å². The first-order valence-electron chi connectivity index (χ1n) is 12.0.